The number of hydrogen-bond donors (Lipinski definition) is 2. The van der Waals surface area contributed by atoms with Gasteiger partial charge in [0.15, 0.2) is 0 Å². The van der Waals surface area contributed by atoms with Gasteiger partial charge in [-0.25, -0.2) is 4.79 Å². The Balaban J connectivity index is 2.64. The second-order valence-electron chi connectivity index (χ2n) is 4.67. The molecule has 1 rings (SSSR count). The molecule has 0 unspecified atom stereocenters. The summed E-state index contributed by atoms with van der Waals surface area (Å²) >= 11 is 0. The number of halogens is 3. The van der Waals surface area contributed by atoms with Gasteiger partial charge >= 0.3 is 12.1 Å². The van der Waals surface area contributed by atoms with Crippen molar-refractivity contribution in [2.45, 2.75) is 32.5 Å². The summed E-state index contributed by atoms with van der Waals surface area (Å²) in [6, 6.07) is 4.72. The zero-order chi connectivity index (χ0) is 16.6. The van der Waals surface area contributed by atoms with Crippen LogP contribution in [-0.2, 0) is 17.5 Å². The highest BCUT2D eigenvalue weighted by Gasteiger charge is 2.29. The molecule has 2 N–H and O–H groups in total. The molecule has 0 fully saturated rings. The highest BCUT2D eigenvalue weighted by atomic mass is 19.4. The molecule has 3 nitrogen and oxygen atoms in total. The monoisotopic (exact) mass is 313 g/mol. The van der Waals surface area contributed by atoms with Crippen LogP contribution in [0.2, 0.25) is 0 Å². The van der Waals surface area contributed by atoms with Crippen LogP contribution in [-0.4, -0.2) is 11.1 Å². The van der Waals surface area contributed by atoms with E-state index in [2.05, 4.69) is 5.32 Å². The fraction of sp³-hybridized carbons (Fsp3) is 0.312. The summed E-state index contributed by atoms with van der Waals surface area (Å²) in [5.41, 5.74) is 0.0207. The highest BCUT2D eigenvalue weighted by Crippen LogP contribution is 2.29. The molecule has 1 aromatic carbocycles. The van der Waals surface area contributed by atoms with Crippen molar-refractivity contribution in [2.24, 2.45) is 0 Å². The van der Waals surface area contributed by atoms with Crippen LogP contribution in [0.3, 0.4) is 0 Å². The quantitative estimate of drug-likeness (QED) is 0.588. The molecular weight excluding hydrogens is 295 g/mol. The fourth-order valence-corrected chi connectivity index (χ4v) is 1.65. The third-order valence-electron chi connectivity index (χ3n) is 2.84. The fourth-order valence-electron chi connectivity index (χ4n) is 1.65. The molecule has 0 aromatic heterocycles. The maximum atomic E-state index is 12.4. The summed E-state index contributed by atoms with van der Waals surface area (Å²) < 4.78 is 37.2. The lowest BCUT2D eigenvalue weighted by atomic mass is 10.1. The molecule has 0 spiro atoms. The number of aliphatic carboxylic acids is 1. The first-order valence-electron chi connectivity index (χ1n) is 6.84. The van der Waals surface area contributed by atoms with Gasteiger partial charge in [0.25, 0.3) is 0 Å². The van der Waals surface area contributed by atoms with Gasteiger partial charge in [0.1, 0.15) is 0 Å². The predicted octanol–water partition coefficient (Wildman–Crippen LogP) is 4.12. The second-order valence-corrected chi connectivity index (χ2v) is 4.67. The molecule has 0 bridgehead atoms. The number of allylic oxidation sites excluding steroid dienone is 1. The number of carboxylic acids is 1. The van der Waals surface area contributed by atoms with Gasteiger partial charge in [-0.15, -0.1) is 0 Å². The van der Waals surface area contributed by atoms with Gasteiger partial charge in [-0.2, -0.15) is 13.2 Å². The molecule has 0 aliphatic carbocycles. The predicted molar refractivity (Wildman–Crippen MR) is 78.1 cm³/mol. The first-order valence-corrected chi connectivity index (χ1v) is 6.84. The molecule has 0 atom stereocenters. The van der Waals surface area contributed by atoms with Gasteiger partial charge in [0.2, 0.25) is 0 Å². The average Bonchev–Trinajstić information content (AvgIpc) is 2.45. The lowest BCUT2D eigenvalue weighted by molar-refractivity contribution is -0.137. The molecule has 0 saturated heterocycles. The SMILES string of the molecule is CCC/C=C/C(=C\NCc1ccc(C(F)(F)F)cc1)C(=O)O. The maximum Gasteiger partial charge on any atom is 0.416 e. The van der Waals surface area contributed by atoms with Crippen LogP contribution in [0.4, 0.5) is 13.2 Å². The normalized spacial score (nSPS) is 12.6. The highest BCUT2D eigenvalue weighted by molar-refractivity contribution is 5.89. The van der Waals surface area contributed by atoms with E-state index >= 15 is 0 Å². The Morgan fingerprint density at radius 1 is 1.27 bits per heavy atom. The van der Waals surface area contributed by atoms with E-state index in [9.17, 15) is 18.0 Å². The number of alkyl halides is 3. The Morgan fingerprint density at radius 2 is 1.91 bits per heavy atom. The number of carboxylic acid groups (broad SMARTS) is 1. The third-order valence-corrected chi connectivity index (χ3v) is 2.84. The molecule has 0 aliphatic heterocycles. The van der Waals surface area contributed by atoms with E-state index in [1.54, 1.807) is 6.08 Å². The van der Waals surface area contributed by atoms with Crippen molar-refractivity contribution in [2.75, 3.05) is 0 Å². The molecule has 1 aromatic rings. The maximum absolute atomic E-state index is 12.4. The molecule has 0 amide bonds. The number of nitrogens with one attached hydrogen (secondary N) is 1. The third kappa shape index (κ3) is 6.03. The summed E-state index contributed by atoms with van der Waals surface area (Å²) in [5.74, 6) is -1.06. The Morgan fingerprint density at radius 3 is 2.41 bits per heavy atom. The van der Waals surface area contributed by atoms with Crippen LogP contribution in [0.5, 0.6) is 0 Å². The van der Waals surface area contributed by atoms with E-state index in [1.807, 2.05) is 6.92 Å². The summed E-state index contributed by atoms with van der Waals surface area (Å²) in [4.78, 5) is 11.0. The van der Waals surface area contributed by atoms with Crippen LogP contribution in [0.1, 0.15) is 30.9 Å². The molecule has 0 aliphatic rings. The van der Waals surface area contributed by atoms with Gasteiger partial charge < -0.3 is 10.4 Å². The molecule has 0 saturated carbocycles. The van der Waals surface area contributed by atoms with Crippen molar-refractivity contribution in [1.29, 1.82) is 0 Å². The van der Waals surface area contributed by atoms with Crippen molar-refractivity contribution in [1.82, 2.24) is 5.32 Å². The van der Waals surface area contributed by atoms with E-state index in [0.29, 0.717) is 5.56 Å². The van der Waals surface area contributed by atoms with Gasteiger partial charge in [-0.3, -0.25) is 0 Å². The summed E-state index contributed by atoms with van der Waals surface area (Å²) in [5, 5.41) is 11.8. The van der Waals surface area contributed by atoms with Crippen LogP contribution in [0.15, 0.2) is 48.2 Å². The molecular formula is C16H18F3NO2. The first-order chi connectivity index (χ1) is 10.3. The number of carbonyl (C=O) groups is 1. The van der Waals surface area contributed by atoms with Crippen molar-refractivity contribution >= 4 is 5.97 Å². The number of benzene rings is 1. The molecule has 6 heteroatoms. The Labute approximate surface area is 127 Å². The van der Waals surface area contributed by atoms with Crippen LogP contribution in [0.25, 0.3) is 0 Å². The summed E-state index contributed by atoms with van der Waals surface area (Å²) in [6.07, 6.45) is 1.95. The summed E-state index contributed by atoms with van der Waals surface area (Å²) in [6.45, 7) is 2.23. The standard InChI is InChI=1S/C16H18F3NO2/c1-2-3-4-5-13(15(21)22)11-20-10-12-6-8-14(9-7-12)16(17,18)19/h4-9,11,20H,2-3,10H2,1H3,(H,21,22)/b5-4+,13-11+. The van der Waals surface area contributed by atoms with Crippen molar-refractivity contribution in [3.63, 3.8) is 0 Å². The molecule has 0 radical (unpaired) electrons. The number of hydrogen-bond acceptors (Lipinski definition) is 2. The van der Waals surface area contributed by atoms with E-state index in [-0.39, 0.29) is 12.1 Å². The lowest BCUT2D eigenvalue weighted by Gasteiger charge is -2.07. The topological polar surface area (TPSA) is 49.3 Å². The smallest absolute Gasteiger partial charge is 0.416 e. The Bertz CT molecular complexity index is 546. The zero-order valence-electron chi connectivity index (χ0n) is 12.2. The van der Waals surface area contributed by atoms with E-state index in [4.69, 9.17) is 5.11 Å². The van der Waals surface area contributed by atoms with Crippen LogP contribution >= 0.6 is 0 Å². The Kier molecular flexibility index (Phi) is 6.69. The van der Waals surface area contributed by atoms with E-state index in [0.717, 1.165) is 25.0 Å². The van der Waals surface area contributed by atoms with Gasteiger partial charge in [0.05, 0.1) is 11.1 Å². The second kappa shape index (κ2) is 8.26. The van der Waals surface area contributed by atoms with Gasteiger partial charge in [-0.05, 0) is 24.1 Å². The number of rotatable bonds is 7. The molecule has 22 heavy (non-hydrogen) atoms. The van der Waals surface area contributed by atoms with Crippen LogP contribution < -0.4 is 5.32 Å². The van der Waals surface area contributed by atoms with Crippen molar-refractivity contribution in [3.8, 4) is 0 Å². The summed E-state index contributed by atoms with van der Waals surface area (Å²) in [7, 11) is 0. The minimum Gasteiger partial charge on any atom is -0.478 e. The van der Waals surface area contributed by atoms with E-state index < -0.39 is 17.7 Å². The van der Waals surface area contributed by atoms with Crippen molar-refractivity contribution in [3.05, 3.63) is 59.3 Å². The lowest BCUT2D eigenvalue weighted by Crippen LogP contribution is -2.10. The average molecular weight is 313 g/mol. The first kappa shape index (κ1) is 17.8. The van der Waals surface area contributed by atoms with Crippen molar-refractivity contribution < 1.29 is 23.1 Å². The van der Waals surface area contributed by atoms with Gasteiger partial charge in [0, 0.05) is 12.7 Å². The zero-order valence-corrected chi connectivity index (χ0v) is 12.2. The van der Waals surface area contributed by atoms with Crippen LogP contribution in [0, 0.1) is 0 Å². The molecule has 120 valence electrons. The molecule has 0 heterocycles. The largest absolute Gasteiger partial charge is 0.478 e. The Hall–Kier alpha value is -2.24. The van der Waals surface area contributed by atoms with E-state index in [1.165, 1.54) is 24.4 Å². The van der Waals surface area contributed by atoms with Gasteiger partial charge in [-0.1, -0.05) is 37.6 Å². The minimum absolute atomic E-state index is 0.0976. The minimum atomic E-state index is -4.35. The number of unbranched alkanes of at least 4 members (excludes halogenated alkanes) is 1.